The van der Waals surface area contributed by atoms with Crippen LogP contribution in [0.15, 0.2) is 45.8 Å². The van der Waals surface area contributed by atoms with E-state index in [9.17, 15) is 12.8 Å². The summed E-state index contributed by atoms with van der Waals surface area (Å²) in [6, 6.07) is 9.18. The first-order valence-electron chi connectivity index (χ1n) is 7.49. The molecule has 0 unspecified atom stereocenters. The molecule has 0 bridgehead atoms. The fourth-order valence-corrected chi connectivity index (χ4v) is 4.32. The van der Waals surface area contributed by atoms with Gasteiger partial charge in [-0.2, -0.15) is 0 Å². The number of halogens is 3. The van der Waals surface area contributed by atoms with Crippen LogP contribution < -0.4 is 4.72 Å². The SMILES string of the molecule is Cc1[nH]c2c(F)cc(Br)cc2c1CCNS(=O)(=O)c1ccc(Cl)cc1. The van der Waals surface area contributed by atoms with Crippen molar-refractivity contribution >= 4 is 48.5 Å². The number of hydrogen-bond donors (Lipinski definition) is 2. The van der Waals surface area contributed by atoms with Crippen LogP contribution in [-0.2, 0) is 16.4 Å². The van der Waals surface area contributed by atoms with Crippen LogP contribution in [0.3, 0.4) is 0 Å². The Balaban J connectivity index is 1.79. The Hall–Kier alpha value is -1.41. The van der Waals surface area contributed by atoms with Gasteiger partial charge in [0, 0.05) is 27.1 Å². The van der Waals surface area contributed by atoms with E-state index in [0.717, 1.165) is 16.6 Å². The van der Waals surface area contributed by atoms with Crippen LogP contribution in [0.1, 0.15) is 11.3 Å². The number of aromatic nitrogens is 1. The first-order chi connectivity index (χ1) is 11.8. The summed E-state index contributed by atoms with van der Waals surface area (Å²) in [5.41, 5.74) is 2.13. The molecule has 1 aromatic heterocycles. The monoisotopic (exact) mass is 444 g/mol. The van der Waals surface area contributed by atoms with E-state index in [1.54, 1.807) is 0 Å². The highest BCUT2D eigenvalue weighted by Gasteiger charge is 2.16. The summed E-state index contributed by atoms with van der Waals surface area (Å²) in [5.74, 6) is -0.347. The Labute approximate surface area is 158 Å². The van der Waals surface area contributed by atoms with Crippen molar-refractivity contribution < 1.29 is 12.8 Å². The number of aromatic amines is 1. The van der Waals surface area contributed by atoms with Gasteiger partial charge in [-0.1, -0.05) is 27.5 Å². The first-order valence-corrected chi connectivity index (χ1v) is 10.1. The number of sulfonamides is 1. The van der Waals surface area contributed by atoms with Gasteiger partial charge >= 0.3 is 0 Å². The van der Waals surface area contributed by atoms with Gasteiger partial charge in [0.15, 0.2) is 0 Å². The molecule has 25 heavy (non-hydrogen) atoms. The van der Waals surface area contributed by atoms with Gasteiger partial charge in [-0.05, 0) is 55.3 Å². The third kappa shape index (κ3) is 3.89. The second-order valence-electron chi connectivity index (χ2n) is 5.64. The highest BCUT2D eigenvalue weighted by atomic mass is 79.9. The molecule has 1 heterocycles. The number of benzene rings is 2. The van der Waals surface area contributed by atoms with Crippen molar-refractivity contribution in [2.24, 2.45) is 0 Å². The Morgan fingerprint density at radius 1 is 1.24 bits per heavy atom. The molecule has 0 fully saturated rings. The Kier molecular flexibility index (Phi) is 5.20. The average molecular weight is 446 g/mol. The summed E-state index contributed by atoms with van der Waals surface area (Å²) in [5, 5.41) is 1.22. The van der Waals surface area contributed by atoms with E-state index < -0.39 is 10.0 Å². The molecule has 2 aromatic carbocycles. The zero-order valence-corrected chi connectivity index (χ0v) is 16.4. The van der Waals surface area contributed by atoms with Crippen molar-refractivity contribution in [3.05, 3.63) is 63.0 Å². The molecule has 3 aromatic rings. The molecule has 0 amide bonds. The molecule has 2 N–H and O–H groups in total. The molecule has 0 spiro atoms. The molecule has 132 valence electrons. The molecular weight excluding hydrogens is 431 g/mol. The third-order valence-electron chi connectivity index (χ3n) is 3.94. The number of aryl methyl sites for hydroxylation is 1. The van der Waals surface area contributed by atoms with Crippen molar-refractivity contribution in [1.29, 1.82) is 0 Å². The number of hydrogen-bond acceptors (Lipinski definition) is 2. The summed E-state index contributed by atoms with van der Waals surface area (Å²) >= 11 is 9.07. The summed E-state index contributed by atoms with van der Waals surface area (Å²) < 4.78 is 41.8. The van der Waals surface area contributed by atoms with Crippen LogP contribution >= 0.6 is 27.5 Å². The lowest BCUT2D eigenvalue weighted by Crippen LogP contribution is -2.26. The predicted octanol–water partition coefficient (Wildman–Crippen LogP) is 4.55. The maximum absolute atomic E-state index is 14.0. The molecule has 4 nitrogen and oxygen atoms in total. The maximum Gasteiger partial charge on any atom is 0.240 e. The van der Waals surface area contributed by atoms with Gasteiger partial charge in [-0.25, -0.2) is 17.5 Å². The van der Waals surface area contributed by atoms with E-state index in [-0.39, 0.29) is 17.3 Å². The van der Waals surface area contributed by atoms with Crippen molar-refractivity contribution in [3.63, 3.8) is 0 Å². The smallest absolute Gasteiger partial charge is 0.240 e. The molecule has 0 aliphatic heterocycles. The summed E-state index contributed by atoms with van der Waals surface area (Å²) in [7, 11) is -3.61. The van der Waals surface area contributed by atoms with E-state index in [2.05, 4.69) is 25.6 Å². The highest BCUT2D eigenvalue weighted by Crippen LogP contribution is 2.28. The molecule has 0 aliphatic rings. The fourth-order valence-electron chi connectivity index (χ4n) is 2.73. The molecule has 3 rings (SSSR count). The molecule has 0 saturated carbocycles. The molecule has 8 heteroatoms. The van der Waals surface area contributed by atoms with E-state index in [4.69, 9.17) is 11.6 Å². The van der Waals surface area contributed by atoms with Crippen molar-refractivity contribution in [3.8, 4) is 0 Å². The van der Waals surface area contributed by atoms with Gasteiger partial charge in [-0.15, -0.1) is 0 Å². The van der Waals surface area contributed by atoms with E-state index in [0.29, 0.717) is 21.4 Å². The van der Waals surface area contributed by atoms with Crippen LogP contribution in [0.4, 0.5) is 4.39 Å². The Morgan fingerprint density at radius 3 is 2.60 bits per heavy atom. The van der Waals surface area contributed by atoms with E-state index in [1.807, 2.05) is 13.0 Å². The van der Waals surface area contributed by atoms with Gasteiger partial charge in [0.2, 0.25) is 10.0 Å². The zero-order chi connectivity index (χ0) is 18.2. The normalized spacial score (nSPS) is 12.0. The number of nitrogens with one attached hydrogen (secondary N) is 2. The molecule has 0 radical (unpaired) electrons. The fraction of sp³-hybridized carbons (Fsp3) is 0.176. The standard InChI is InChI=1S/C17H15BrClFN2O2S/c1-10-14(15-8-11(18)9-16(20)17(15)22-10)6-7-21-25(23,24)13-4-2-12(19)3-5-13/h2-5,8-9,21-22H,6-7H2,1H3. The van der Waals surface area contributed by atoms with Crippen molar-refractivity contribution in [1.82, 2.24) is 9.71 Å². The van der Waals surface area contributed by atoms with Crippen LogP contribution in [0.2, 0.25) is 5.02 Å². The molecule has 0 aliphatic carbocycles. The second kappa shape index (κ2) is 7.07. The summed E-state index contributed by atoms with van der Waals surface area (Å²) in [4.78, 5) is 3.17. The zero-order valence-electron chi connectivity index (χ0n) is 13.2. The highest BCUT2D eigenvalue weighted by molar-refractivity contribution is 9.10. The average Bonchev–Trinajstić information content (AvgIpc) is 2.84. The van der Waals surface area contributed by atoms with Crippen LogP contribution in [0.5, 0.6) is 0 Å². The van der Waals surface area contributed by atoms with Gasteiger partial charge in [0.25, 0.3) is 0 Å². The van der Waals surface area contributed by atoms with Crippen LogP contribution in [0.25, 0.3) is 10.9 Å². The van der Waals surface area contributed by atoms with Crippen molar-refractivity contribution in [2.45, 2.75) is 18.2 Å². The quantitative estimate of drug-likeness (QED) is 0.605. The van der Waals surface area contributed by atoms with Crippen molar-refractivity contribution in [2.75, 3.05) is 6.54 Å². The number of fused-ring (bicyclic) bond motifs is 1. The van der Waals surface area contributed by atoms with Gasteiger partial charge in [0.1, 0.15) is 5.82 Å². The molecule has 0 saturated heterocycles. The van der Waals surface area contributed by atoms with Gasteiger partial charge in [0.05, 0.1) is 10.4 Å². The number of H-pyrrole nitrogens is 1. The summed E-state index contributed by atoms with van der Waals surface area (Å²) in [6.45, 7) is 2.04. The maximum atomic E-state index is 14.0. The van der Waals surface area contributed by atoms with Crippen LogP contribution in [0, 0.1) is 12.7 Å². The van der Waals surface area contributed by atoms with Crippen LogP contribution in [-0.4, -0.2) is 19.9 Å². The first kappa shape index (κ1) is 18.4. The van der Waals surface area contributed by atoms with Gasteiger partial charge < -0.3 is 4.98 Å². The molecular formula is C17H15BrClFN2O2S. The summed E-state index contributed by atoms with van der Waals surface area (Å²) in [6.07, 6.45) is 0.439. The second-order valence-corrected chi connectivity index (χ2v) is 8.76. The third-order valence-corrected chi connectivity index (χ3v) is 6.12. The lowest BCUT2D eigenvalue weighted by molar-refractivity contribution is 0.581. The minimum absolute atomic E-state index is 0.154. The minimum atomic E-state index is -3.61. The van der Waals surface area contributed by atoms with E-state index >= 15 is 0 Å². The van der Waals surface area contributed by atoms with Gasteiger partial charge in [-0.3, -0.25) is 0 Å². The molecule has 0 atom stereocenters. The largest absolute Gasteiger partial charge is 0.356 e. The minimum Gasteiger partial charge on any atom is -0.356 e. The van der Waals surface area contributed by atoms with E-state index in [1.165, 1.54) is 30.3 Å². The topological polar surface area (TPSA) is 62.0 Å². The lowest BCUT2D eigenvalue weighted by Gasteiger charge is -2.07. The Morgan fingerprint density at radius 2 is 1.92 bits per heavy atom. The lowest BCUT2D eigenvalue weighted by atomic mass is 10.1. The predicted molar refractivity (Wildman–Crippen MR) is 101 cm³/mol. The Bertz CT molecular complexity index is 1030. The number of rotatable bonds is 5.